The Bertz CT molecular complexity index is 747. The molecule has 1 aromatic rings. The highest BCUT2D eigenvalue weighted by atomic mass is 16.3. The molecule has 2 fully saturated rings. The summed E-state index contributed by atoms with van der Waals surface area (Å²) < 4.78 is 0. The molecule has 1 aromatic carbocycles. The van der Waals surface area contributed by atoms with E-state index in [9.17, 15) is 19.5 Å². The van der Waals surface area contributed by atoms with E-state index in [2.05, 4.69) is 0 Å². The number of aliphatic hydroxyl groups is 1. The molecule has 1 aliphatic heterocycles. The van der Waals surface area contributed by atoms with Crippen LogP contribution >= 0.6 is 0 Å². The topological polar surface area (TPSA) is 74.7 Å². The molecule has 0 unspecified atom stereocenters. The van der Waals surface area contributed by atoms with Crippen LogP contribution in [0.2, 0.25) is 0 Å². The lowest BCUT2D eigenvalue weighted by Crippen LogP contribution is -2.45. The quantitative estimate of drug-likeness (QED) is 0.256. The summed E-state index contributed by atoms with van der Waals surface area (Å²) in [7, 11) is 0. The zero-order valence-corrected chi connectivity index (χ0v) is 16.4. The predicted molar refractivity (Wildman–Crippen MR) is 107 cm³/mol. The fraction of sp³-hybridized carbons (Fsp3) is 0.522. The summed E-state index contributed by atoms with van der Waals surface area (Å²) in [6, 6.07) is 8.53. The van der Waals surface area contributed by atoms with Crippen molar-refractivity contribution in [1.29, 1.82) is 0 Å². The van der Waals surface area contributed by atoms with Gasteiger partial charge in [-0.3, -0.25) is 19.3 Å². The van der Waals surface area contributed by atoms with Crippen LogP contribution in [0.4, 0.5) is 0 Å². The molecule has 1 N–H and O–H groups in total. The molecule has 28 heavy (non-hydrogen) atoms. The summed E-state index contributed by atoms with van der Waals surface area (Å²) in [5.41, 5.74) is 0.199. The van der Waals surface area contributed by atoms with Crippen molar-refractivity contribution in [3.63, 3.8) is 0 Å². The van der Waals surface area contributed by atoms with Gasteiger partial charge in [0.05, 0.1) is 0 Å². The molecule has 1 saturated heterocycles. The number of nitrogens with zero attached hydrogens (tertiary/aromatic N) is 1. The van der Waals surface area contributed by atoms with Gasteiger partial charge in [-0.15, -0.1) is 0 Å². The van der Waals surface area contributed by atoms with Gasteiger partial charge in [0.25, 0.3) is 11.8 Å². The van der Waals surface area contributed by atoms with E-state index in [4.69, 9.17) is 0 Å². The van der Waals surface area contributed by atoms with Crippen molar-refractivity contribution in [3.8, 4) is 0 Å². The van der Waals surface area contributed by atoms with Gasteiger partial charge in [-0.1, -0.05) is 63.1 Å². The van der Waals surface area contributed by atoms with E-state index < -0.39 is 11.8 Å². The van der Waals surface area contributed by atoms with Crippen molar-refractivity contribution >= 4 is 17.6 Å². The number of carbonyl (C=O) groups is 3. The highest BCUT2D eigenvalue weighted by Gasteiger charge is 2.36. The molecule has 0 spiro atoms. The molecule has 2 amide bonds. The summed E-state index contributed by atoms with van der Waals surface area (Å²) in [5, 5.41) is 10.4. The third-order valence-electron chi connectivity index (χ3n) is 5.86. The number of carbonyl (C=O) groups excluding carboxylic acids is 3. The molecule has 1 heterocycles. The Kier molecular flexibility index (Phi) is 7.01. The summed E-state index contributed by atoms with van der Waals surface area (Å²) in [6.07, 6.45) is 9.80. The van der Waals surface area contributed by atoms with Crippen molar-refractivity contribution < 1.29 is 19.5 Å². The Morgan fingerprint density at radius 3 is 2.46 bits per heavy atom. The minimum absolute atomic E-state index is 0.0594. The lowest BCUT2D eigenvalue weighted by atomic mass is 9.85. The van der Waals surface area contributed by atoms with Gasteiger partial charge in [-0.2, -0.15) is 0 Å². The summed E-state index contributed by atoms with van der Waals surface area (Å²) >= 11 is 0. The first-order chi connectivity index (χ1) is 13.6. The lowest BCUT2D eigenvalue weighted by molar-refractivity contribution is -0.131. The van der Waals surface area contributed by atoms with E-state index in [-0.39, 0.29) is 30.1 Å². The number of imide groups is 1. The van der Waals surface area contributed by atoms with Gasteiger partial charge in [-0.25, -0.2) is 0 Å². The van der Waals surface area contributed by atoms with Crippen LogP contribution in [0.1, 0.15) is 74.6 Å². The largest absolute Gasteiger partial charge is 0.511 e. The molecule has 1 aliphatic carbocycles. The minimum Gasteiger partial charge on any atom is -0.511 e. The fourth-order valence-electron chi connectivity index (χ4n) is 4.24. The van der Waals surface area contributed by atoms with Gasteiger partial charge in [0, 0.05) is 24.9 Å². The summed E-state index contributed by atoms with van der Waals surface area (Å²) in [6.45, 7) is 0.0594. The van der Waals surface area contributed by atoms with Crippen LogP contribution in [0.3, 0.4) is 0 Å². The highest BCUT2D eigenvalue weighted by molar-refractivity contribution is 6.25. The Labute approximate surface area is 166 Å². The van der Waals surface area contributed by atoms with E-state index in [1.54, 1.807) is 30.3 Å². The fourth-order valence-corrected chi connectivity index (χ4v) is 4.24. The third-order valence-corrected chi connectivity index (χ3v) is 5.86. The van der Waals surface area contributed by atoms with Crippen molar-refractivity contribution in [2.75, 3.05) is 6.54 Å². The van der Waals surface area contributed by atoms with Gasteiger partial charge in [0.15, 0.2) is 5.78 Å². The smallest absolute Gasteiger partial charge is 0.267 e. The van der Waals surface area contributed by atoms with Crippen LogP contribution < -0.4 is 0 Å². The van der Waals surface area contributed by atoms with E-state index in [1.165, 1.54) is 32.1 Å². The number of unbranched alkanes of at least 4 members (excludes halogenated alkanes) is 1. The molecule has 0 radical (unpaired) electrons. The minimum atomic E-state index is -0.671. The Hall–Kier alpha value is -2.43. The normalized spacial score (nSPS) is 20.4. The van der Waals surface area contributed by atoms with Crippen molar-refractivity contribution in [2.45, 2.75) is 64.2 Å². The third kappa shape index (κ3) is 4.89. The number of aliphatic hydroxyl groups excluding tert-OH is 1. The second-order valence-electron chi connectivity index (χ2n) is 7.87. The first-order valence-electron chi connectivity index (χ1n) is 10.4. The maximum atomic E-state index is 12.7. The van der Waals surface area contributed by atoms with Crippen LogP contribution in [0.15, 0.2) is 41.7 Å². The molecule has 3 rings (SSSR count). The maximum Gasteiger partial charge on any atom is 0.267 e. The first kappa shape index (κ1) is 20.3. The molecular formula is C23H29NO4. The molecule has 5 heteroatoms. The standard InChI is InChI=1S/C23H29NO4/c25-19(14-8-7-11-17-9-3-1-4-10-17)21-20(26)15-16-24(23(21)28)22(27)18-12-5-2-6-13-18/h2,5-6,12-13,17,25H,1,3-4,7-11,14-16H2/b21-19-. The Morgan fingerprint density at radius 2 is 1.75 bits per heavy atom. The van der Waals surface area contributed by atoms with Crippen molar-refractivity contribution in [2.24, 2.45) is 5.92 Å². The highest BCUT2D eigenvalue weighted by Crippen LogP contribution is 2.28. The average molecular weight is 383 g/mol. The molecule has 0 aromatic heterocycles. The van der Waals surface area contributed by atoms with Crippen molar-refractivity contribution in [1.82, 2.24) is 4.90 Å². The Balaban J connectivity index is 1.60. The molecule has 5 nitrogen and oxygen atoms in total. The molecule has 0 bridgehead atoms. The van der Waals surface area contributed by atoms with E-state index in [0.717, 1.165) is 30.1 Å². The zero-order chi connectivity index (χ0) is 19.9. The summed E-state index contributed by atoms with van der Waals surface area (Å²) in [5.74, 6) is -0.854. The molecule has 0 atom stereocenters. The van der Waals surface area contributed by atoms with Crippen LogP contribution in [0, 0.1) is 5.92 Å². The van der Waals surface area contributed by atoms with Crippen LogP contribution in [0.25, 0.3) is 0 Å². The van der Waals surface area contributed by atoms with Crippen LogP contribution in [-0.4, -0.2) is 34.1 Å². The number of Topliss-reactive ketones (excluding diaryl/α,β-unsaturated/α-hetero) is 1. The first-order valence-corrected chi connectivity index (χ1v) is 10.4. The zero-order valence-electron chi connectivity index (χ0n) is 16.4. The number of amides is 2. The SMILES string of the molecule is O=C1CCN(C(=O)c2ccccc2)C(=O)/C1=C(\O)CCCCC1CCCCC1. The number of likely N-dealkylation sites (tertiary alicyclic amines) is 1. The molecule has 1 saturated carbocycles. The van der Waals surface area contributed by atoms with Gasteiger partial charge in [0.1, 0.15) is 11.3 Å². The van der Waals surface area contributed by atoms with Crippen molar-refractivity contribution in [3.05, 3.63) is 47.2 Å². The predicted octanol–water partition coefficient (Wildman–Crippen LogP) is 4.58. The number of hydrogen-bond acceptors (Lipinski definition) is 4. The van der Waals surface area contributed by atoms with E-state index >= 15 is 0 Å². The van der Waals surface area contributed by atoms with E-state index in [1.807, 2.05) is 0 Å². The van der Waals surface area contributed by atoms with Gasteiger partial charge < -0.3 is 5.11 Å². The van der Waals surface area contributed by atoms with Gasteiger partial charge >= 0.3 is 0 Å². The summed E-state index contributed by atoms with van der Waals surface area (Å²) in [4.78, 5) is 38.7. The number of benzene rings is 1. The van der Waals surface area contributed by atoms with Gasteiger partial charge in [0.2, 0.25) is 0 Å². The maximum absolute atomic E-state index is 12.7. The van der Waals surface area contributed by atoms with Crippen LogP contribution in [0.5, 0.6) is 0 Å². The Morgan fingerprint density at radius 1 is 1.04 bits per heavy atom. The lowest BCUT2D eigenvalue weighted by Gasteiger charge is -2.26. The number of allylic oxidation sites excluding steroid dienone is 1. The monoisotopic (exact) mass is 383 g/mol. The average Bonchev–Trinajstić information content (AvgIpc) is 2.72. The molecular weight excluding hydrogens is 354 g/mol. The van der Waals surface area contributed by atoms with E-state index in [0.29, 0.717) is 12.0 Å². The number of piperidine rings is 1. The number of ketones is 1. The van der Waals surface area contributed by atoms with Crippen LogP contribution in [-0.2, 0) is 9.59 Å². The molecule has 2 aliphatic rings. The second kappa shape index (κ2) is 9.67. The second-order valence-corrected chi connectivity index (χ2v) is 7.87. The molecule has 150 valence electrons. The van der Waals surface area contributed by atoms with Gasteiger partial charge in [-0.05, 0) is 24.5 Å². The number of hydrogen-bond donors (Lipinski definition) is 1. The number of rotatable bonds is 6.